The summed E-state index contributed by atoms with van der Waals surface area (Å²) in [6.07, 6.45) is 0. The van der Waals surface area contributed by atoms with Crippen LogP contribution in [0.25, 0.3) is 0 Å². The number of rotatable bonds is 0. The van der Waals surface area contributed by atoms with Crippen LogP contribution in [-0.2, 0) is 4.12 Å². The van der Waals surface area contributed by atoms with Crippen molar-refractivity contribution in [3.8, 4) is 0 Å². The highest BCUT2D eigenvalue weighted by molar-refractivity contribution is 6.15. The SMILES string of the molecule is NO.[SiH3]O[SiH3]. The van der Waals surface area contributed by atoms with Crippen LogP contribution in [0.5, 0.6) is 0 Å². The molecule has 3 nitrogen and oxygen atoms in total. The third-order valence-corrected chi connectivity index (χ3v) is 0. The van der Waals surface area contributed by atoms with E-state index in [4.69, 9.17) is 5.21 Å². The van der Waals surface area contributed by atoms with Gasteiger partial charge in [0, 0.05) is 0 Å². The minimum absolute atomic E-state index is 0.931. The zero-order valence-electron chi connectivity index (χ0n) is 3.43. The van der Waals surface area contributed by atoms with Crippen molar-refractivity contribution in [1.82, 2.24) is 0 Å². The van der Waals surface area contributed by atoms with Crippen LogP contribution in [0.4, 0.5) is 0 Å². The lowest BCUT2D eigenvalue weighted by Gasteiger charge is -1.62. The lowest BCUT2D eigenvalue weighted by atomic mass is 13.6. The smallest absolute Gasteiger partial charge is 0.129 e. The van der Waals surface area contributed by atoms with Gasteiger partial charge < -0.3 is 9.32 Å². The molecule has 0 fully saturated rings. The van der Waals surface area contributed by atoms with E-state index in [0.717, 1.165) is 21.0 Å². The molecular weight excluding hydrogens is 102 g/mol. The molecule has 0 bridgehead atoms. The van der Waals surface area contributed by atoms with E-state index in [1.54, 1.807) is 0 Å². The summed E-state index contributed by atoms with van der Waals surface area (Å²) >= 11 is 0. The second-order valence-corrected chi connectivity index (χ2v) is 3.67. The summed E-state index contributed by atoms with van der Waals surface area (Å²) in [5.41, 5.74) is 0. The quantitative estimate of drug-likeness (QED) is 0.257. The van der Waals surface area contributed by atoms with Crippen LogP contribution in [0.15, 0.2) is 0 Å². The molecule has 0 aliphatic carbocycles. The standard InChI is InChI=1S/H3NO.H6OSi2/c1-2;2-1-3/h2H,1H2;2-3H3. The van der Waals surface area contributed by atoms with Gasteiger partial charge in [0.25, 0.3) is 0 Å². The third kappa shape index (κ3) is 235. The maximum atomic E-state index is 6.50. The van der Waals surface area contributed by atoms with Crippen molar-refractivity contribution in [2.75, 3.05) is 0 Å². The van der Waals surface area contributed by atoms with Crippen molar-refractivity contribution in [2.45, 2.75) is 0 Å². The Morgan fingerprint density at radius 2 is 1.40 bits per heavy atom. The van der Waals surface area contributed by atoms with Gasteiger partial charge in [-0.15, -0.1) is 0 Å². The van der Waals surface area contributed by atoms with Crippen LogP contribution in [-0.4, -0.2) is 26.2 Å². The molecule has 0 rings (SSSR count). The van der Waals surface area contributed by atoms with Gasteiger partial charge in [-0.25, -0.2) is 5.90 Å². The summed E-state index contributed by atoms with van der Waals surface area (Å²) in [6, 6.07) is 0. The van der Waals surface area contributed by atoms with Gasteiger partial charge in [-0.1, -0.05) is 0 Å². The largest absolute Gasteiger partial charge is 0.471 e. The Kier molecular flexibility index (Phi) is 49.4. The lowest BCUT2D eigenvalue weighted by molar-refractivity contribution is 0.311. The molecule has 0 heterocycles. The van der Waals surface area contributed by atoms with Crippen molar-refractivity contribution in [1.29, 1.82) is 0 Å². The molecule has 0 aliphatic heterocycles. The lowest BCUT2D eigenvalue weighted by Crippen LogP contribution is -1.72. The van der Waals surface area contributed by atoms with E-state index in [1.807, 2.05) is 0 Å². The van der Waals surface area contributed by atoms with Gasteiger partial charge in [0.2, 0.25) is 0 Å². The Labute approximate surface area is 37.2 Å². The summed E-state index contributed by atoms with van der Waals surface area (Å²) < 4.78 is 4.53. The second kappa shape index (κ2) is 27.4. The summed E-state index contributed by atoms with van der Waals surface area (Å²) in [4.78, 5) is 0. The van der Waals surface area contributed by atoms with Crippen LogP contribution < -0.4 is 5.90 Å². The zero-order valence-corrected chi connectivity index (χ0v) is 7.43. The van der Waals surface area contributed by atoms with Crippen LogP contribution in [0, 0.1) is 0 Å². The van der Waals surface area contributed by atoms with Crippen LogP contribution >= 0.6 is 0 Å². The molecule has 0 radical (unpaired) electrons. The number of hydrogen-bond acceptors (Lipinski definition) is 3. The van der Waals surface area contributed by atoms with Gasteiger partial charge in [0.15, 0.2) is 0 Å². The highest BCUT2D eigenvalue weighted by atomic mass is 28.3. The minimum atomic E-state index is 0.931. The fourth-order valence-corrected chi connectivity index (χ4v) is 0. The normalized spacial score (nSPS) is 6.00. The van der Waals surface area contributed by atoms with E-state index < -0.39 is 0 Å². The Morgan fingerprint density at radius 3 is 1.40 bits per heavy atom. The second-order valence-electron chi connectivity index (χ2n) is 0.408. The fourth-order valence-electron chi connectivity index (χ4n) is 0. The molecule has 0 atom stereocenters. The van der Waals surface area contributed by atoms with Crippen molar-refractivity contribution in [2.24, 2.45) is 5.90 Å². The number of hydrogen-bond donors (Lipinski definition) is 2. The molecule has 5 heteroatoms. The maximum absolute atomic E-state index is 6.50. The summed E-state index contributed by atoms with van der Waals surface area (Å²) in [7, 11) is 1.86. The maximum Gasteiger partial charge on any atom is 0.129 e. The Morgan fingerprint density at radius 1 is 1.40 bits per heavy atom. The van der Waals surface area contributed by atoms with E-state index in [-0.39, 0.29) is 0 Å². The minimum Gasteiger partial charge on any atom is -0.471 e. The third-order valence-electron chi connectivity index (χ3n) is 0. The van der Waals surface area contributed by atoms with Crippen molar-refractivity contribution < 1.29 is 9.32 Å². The first-order valence-electron chi connectivity index (χ1n) is 1.07. The Hall–Kier alpha value is 0.314. The average molecular weight is 111 g/mol. The summed E-state index contributed by atoms with van der Waals surface area (Å²) in [5.74, 6) is 3.50. The van der Waals surface area contributed by atoms with Crippen molar-refractivity contribution in [3.05, 3.63) is 0 Å². The van der Waals surface area contributed by atoms with E-state index in [2.05, 4.69) is 10.0 Å². The molecule has 34 valence electrons. The predicted molar refractivity (Wildman–Crippen MR) is 26.9 cm³/mol. The fraction of sp³-hybridized carbons (Fsp3) is 0. The molecule has 0 saturated carbocycles. The summed E-state index contributed by atoms with van der Waals surface area (Å²) in [6.45, 7) is 0. The molecule has 5 heavy (non-hydrogen) atoms. The predicted octanol–water partition coefficient (Wildman–Crippen LogP) is -3.10. The highest BCUT2D eigenvalue weighted by Gasteiger charge is 1.28. The molecule has 0 spiro atoms. The van der Waals surface area contributed by atoms with E-state index in [9.17, 15) is 0 Å². The van der Waals surface area contributed by atoms with E-state index >= 15 is 0 Å². The van der Waals surface area contributed by atoms with Crippen LogP contribution in [0.2, 0.25) is 0 Å². The Balaban J connectivity index is 0. The van der Waals surface area contributed by atoms with Crippen LogP contribution in [0.1, 0.15) is 0 Å². The molecule has 0 aromatic carbocycles. The number of nitrogens with two attached hydrogens (primary N) is 1. The molecular formula is H9NO2Si2. The molecule has 3 N–H and O–H groups in total. The summed E-state index contributed by atoms with van der Waals surface area (Å²) in [5, 5.41) is 6.50. The van der Waals surface area contributed by atoms with Gasteiger partial charge in [0.1, 0.15) is 21.0 Å². The Bertz CT molecular complexity index is 7.61. The van der Waals surface area contributed by atoms with Crippen molar-refractivity contribution in [3.63, 3.8) is 0 Å². The molecule has 0 saturated heterocycles. The molecule has 0 aromatic heterocycles. The first-order chi connectivity index (χ1) is 2.41. The van der Waals surface area contributed by atoms with Gasteiger partial charge in [-0.2, -0.15) is 0 Å². The van der Waals surface area contributed by atoms with Gasteiger partial charge in [-0.3, -0.25) is 0 Å². The molecule has 0 unspecified atom stereocenters. The molecule has 0 amide bonds. The van der Waals surface area contributed by atoms with Gasteiger partial charge >= 0.3 is 0 Å². The topological polar surface area (TPSA) is 55.5 Å². The molecule has 0 aliphatic rings. The highest BCUT2D eigenvalue weighted by Crippen LogP contribution is 1.20. The first-order valence-corrected chi connectivity index (χ1v) is 2.71. The van der Waals surface area contributed by atoms with E-state index in [1.165, 1.54) is 0 Å². The van der Waals surface area contributed by atoms with Crippen molar-refractivity contribution >= 4 is 21.0 Å². The molecule has 0 aromatic rings. The monoisotopic (exact) mass is 111 g/mol. The van der Waals surface area contributed by atoms with Gasteiger partial charge in [0.05, 0.1) is 0 Å². The average Bonchev–Trinajstić information content (AvgIpc) is 1.46. The zero-order chi connectivity index (χ0) is 4.71. The first kappa shape index (κ1) is 9.00. The van der Waals surface area contributed by atoms with E-state index in [0.29, 0.717) is 0 Å². The van der Waals surface area contributed by atoms with Gasteiger partial charge in [-0.05, 0) is 0 Å². The van der Waals surface area contributed by atoms with Crippen LogP contribution in [0.3, 0.4) is 0 Å².